The van der Waals surface area contributed by atoms with Crippen LogP contribution in [-0.4, -0.2) is 58.9 Å². The molecular formula is C14H21BN2O3. The molecule has 0 unspecified atom stereocenters. The van der Waals surface area contributed by atoms with Gasteiger partial charge in [0.2, 0.25) is 0 Å². The van der Waals surface area contributed by atoms with E-state index in [1.807, 2.05) is 21.9 Å². The molecule has 0 aliphatic heterocycles. The zero-order valence-corrected chi connectivity index (χ0v) is 12.5. The topological polar surface area (TPSA) is 58.6 Å². The largest absolute Gasteiger partial charge is 0.465 e. The summed E-state index contributed by atoms with van der Waals surface area (Å²) >= 11 is 0. The molecule has 0 aromatic heterocycles. The number of nitrogens with one attached hydrogen (secondary N) is 1. The molecule has 6 heteroatoms. The molecule has 0 radical (unpaired) electrons. The molecule has 1 N–H and O–H groups in total. The molecule has 1 aromatic rings. The maximum Gasteiger partial charge on any atom is 0.337 e. The van der Waals surface area contributed by atoms with Crippen molar-refractivity contribution in [2.24, 2.45) is 0 Å². The van der Waals surface area contributed by atoms with Gasteiger partial charge in [-0.3, -0.25) is 4.79 Å². The average Bonchev–Trinajstić information content (AvgIpc) is 2.41. The van der Waals surface area contributed by atoms with Gasteiger partial charge in [-0.1, -0.05) is 17.6 Å². The van der Waals surface area contributed by atoms with Gasteiger partial charge in [0.1, 0.15) is 7.85 Å². The Morgan fingerprint density at radius 3 is 2.50 bits per heavy atom. The van der Waals surface area contributed by atoms with Gasteiger partial charge in [-0.25, -0.2) is 4.79 Å². The van der Waals surface area contributed by atoms with Crippen LogP contribution in [0.4, 0.5) is 0 Å². The zero-order valence-electron chi connectivity index (χ0n) is 12.5. The Morgan fingerprint density at radius 1 is 1.25 bits per heavy atom. The Hall–Kier alpha value is -1.82. The zero-order chi connectivity index (χ0) is 15.1. The Balaban J connectivity index is 2.68. The average molecular weight is 276 g/mol. The van der Waals surface area contributed by atoms with E-state index in [0.29, 0.717) is 17.7 Å². The van der Waals surface area contributed by atoms with Crippen molar-refractivity contribution in [1.82, 2.24) is 10.2 Å². The molecule has 0 saturated carbocycles. The van der Waals surface area contributed by atoms with Crippen molar-refractivity contribution in [1.29, 1.82) is 0 Å². The van der Waals surface area contributed by atoms with Crippen LogP contribution in [0.15, 0.2) is 18.2 Å². The molecule has 0 heterocycles. The fourth-order valence-corrected chi connectivity index (χ4v) is 1.85. The summed E-state index contributed by atoms with van der Waals surface area (Å²) in [4.78, 5) is 25.6. The van der Waals surface area contributed by atoms with Crippen LogP contribution >= 0.6 is 0 Å². The van der Waals surface area contributed by atoms with Gasteiger partial charge < -0.3 is 15.0 Å². The van der Waals surface area contributed by atoms with Crippen LogP contribution in [0.2, 0.25) is 0 Å². The number of rotatable bonds is 6. The van der Waals surface area contributed by atoms with E-state index in [2.05, 4.69) is 15.0 Å². The fraction of sp³-hybridized carbons (Fsp3) is 0.429. The molecule has 0 fully saturated rings. The van der Waals surface area contributed by atoms with Crippen LogP contribution in [0.1, 0.15) is 27.1 Å². The first kappa shape index (κ1) is 16.2. The van der Waals surface area contributed by atoms with Gasteiger partial charge in [0.05, 0.1) is 12.7 Å². The molecule has 0 spiro atoms. The van der Waals surface area contributed by atoms with E-state index in [1.165, 1.54) is 7.11 Å². The van der Waals surface area contributed by atoms with Gasteiger partial charge in [-0.05, 0) is 33.1 Å². The predicted molar refractivity (Wildman–Crippen MR) is 81.5 cm³/mol. The number of hydrogen-bond donors (Lipinski definition) is 1. The Kier molecular flexibility index (Phi) is 6.25. The minimum atomic E-state index is -0.435. The van der Waals surface area contributed by atoms with Gasteiger partial charge >= 0.3 is 5.97 Å². The number of carbonyl (C=O) groups excluding carboxylic acids is 2. The Morgan fingerprint density at radius 2 is 1.90 bits per heavy atom. The first-order chi connectivity index (χ1) is 9.43. The van der Waals surface area contributed by atoms with Gasteiger partial charge in [0, 0.05) is 12.1 Å². The molecule has 0 bridgehead atoms. The lowest BCUT2D eigenvalue weighted by Gasteiger charge is -2.10. The van der Waals surface area contributed by atoms with E-state index in [0.717, 1.165) is 18.4 Å². The number of methoxy groups -OCH3 is 1. The monoisotopic (exact) mass is 276 g/mol. The van der Waals surface area contributed by atoms with Gasteiger partial charge in [0.15, 0.2) is 0 Å². The number of esters is 1. The Bertz CT molecular complexity index is 489. The van der Waals surface area contributed by atoms with E-state index in [-0.39, 0.29) is 5.91 Å². The summed E-state index contributed by atoms with van der Waals surface area (Å²) in [5, 5.41) is 2.85. The number of carbonyl (C=O) groups is 2. The maximum atomic E-state index is 12.0. The molecule has 20 heavy (non-hydrogen) atoms. The third-order valence-corrected chi connectivity index (χ3v) is 2.83. The van der Waals surface area contributed by atoms with Crippen molar-refractivity contribution >= 4 is 25.2 Å². The summed E-state index contributed by atoms with van der Waals surface area (Å²) in [6, 6.07) is 5.02. The van der Waals surface area contributed by atoms with Gasteiger partial charge in [-0.15, -0.1) is 0 Å². The molecule has 1 aromatic carbocycles. The second-order valence-corrected chi connectivity index (χ2v) is 4.99. The smallest absolute Gasteiger partial charge is 0.337 e. The normalized spacial score (nSPS) is 10.4. The maximum absolute atomic E-state index is 12.0. The van der Waals surface area contributed by atoms with Crippen LogP contribution in [0, 0.1) is 0 Å². The molecule has 1 rings (SSSR count). The minimum absolute atomic E-state index is 0.169. The van der Waals surface area contributed by atoms with E-state index in [1.54, 1.807) is 18.2 Å². The highest BCUT2D eigenvalue weighted by Crippen LogP contribution is 2.05. The molecular weight excluding hydrogens is 255 g/mol. The van der Waals surface area contributed by atoms with E-state index in [9.17, 15) is 9.59 Å². The highest BCUT2D eigenvalue weighted by Gasteiger charge is 2.11. The standard InChI is InChI=1S/C14H21BN2O3/c1-17(2)6-4-5-16-13(18)10-7-11(14(19)20-3)9-12(15)8-10/h7-9H,4-6,15H2,1-3H3,(H,16,18). The second-order valence-electron chi connectivity index (χ2n) is 4.99. The van der Waals surface area contributed by atoms with E-state index in [4.69, 9.17) is 0 Å². The number of nitrogens with zero attached hydrogens (tertiary/aromatic N) is 1. The summed E-state index contributed by atoms with van der Waals surface area (Å²) in [6.07, 6.45) is 0.883. The lowest BCUT2D eigenvalue weighted by Crippen LogP contribution is -2.28. The second kappa shape index (κ2) is 7.70. The van der Waals surface area contributed by atoms with Crippen LogP contribution in [0.25, 0.3) is 0 Å². The predicted octanol–water partition coefficient (Wildman–Crippen LogP) is -0.587. The van der Waals surface area contributed by atoms with Crippen molar-refractivity contribution in [3.8, 4) is 0 Å². The first-order valence-electron chi connectivity index (χ1n) is 6.57. The van der Waals surface area contributed by atoms with Crippen molar-refractivity contribution in [3.63, 3.8) is 0 Å². The van der Waals surface area contributed by atoms with Gasteiger partial charge in [-0.2, -0.15) is 0 Å². The third-order valence-electron chi connectivity index (χ3n) is 2.83. The molecule has 1 amide bonds. The van der Waals surface area contributed by atoms with Crippen LogP contribution in [-0.2, 0) is 4.74 Å². The SMILES string of the molecule is Bc1cc(C(=O)NCCCN(C)C)cc(C(=O)OC)c1. The lowest BCUT2D eigenvalue weighted by molar-refractivity contribution is 0.0601. The van der Waals surface area contributed by atoms with Crippen LogP contribution in [0.3, 0.4) is 0 Å². The minimum Gasteiger partial charge on any atom is -0.465 e. The summed E-state index contributed by atoms with van der Waals surface area (Å²) < 4.78 is 4.67. The number of hydrogen-bond acceptors (Lipinski definition) is 4. The first-order valence-corrected chi connectivity index (χ1v) is 6.57. The fourth-order valence-electron chi connectivity index (χ4n) is 1.85. The van der Waals surface area contributed by atoms with Gasteiger partial charge in [0.25, 0.3) is 5.91 Å². The van der Waals surface area contributed by atoms with E-state index >= 15 is 0 Å². The van der Waals surface area contributed by atoms with Crippen molar-refractivity contribution < 1.29 is 14.3 Å². The lowest BCUT2D eigenvalue weighted by atomic mass is 9.92. The molecule has 5 nitrogen and oxygen atoms in total. The third kappa shape index (κ3) is 5.05. The van der Waals surface area contributed by atoms with Crippen molar-refractivity contribution in [2.75, 3.05) is 34.3 Å². The summed E-state index contributed by atoms with van der Waals surface area (Å²) in [7, 11) is 7.15. The molecule has 108 valence electrons. The summed E-state index contributed by atoms with van der Waals surface area (Å²) in [6.45, 7) is 1.53. The Labute approximate surface area is 120 Å². The van der Waals surface area contributed by atoms with Crippen molar-refractivity contribution in [2.45, 2.75) is 6.42 Å². The number of amides is 1. The number of benzene rings is 1. The van der Waals surface area contributed by atoms with Crippen LogP contribution in [0.5, 0.6) is 0 Å². The summed E-state index contributed by atoms with van der Waals surface area (Å²) in [5.74, 6) is -0.604. The molecule has 0 saturated heterocycles. The molecule has 0 atom stereocenters. The number of ether oxygens (including phenoxy) is 1. The van der Waals surface area contributed by atoms with E-state index < -0.39 is 5.97 Å². The molecule has 0 aliphatic rings. The van der Waals surface area contributed by atoms with Crippen LogP contribution < -0.4 is 10.8 Å². The quantitative estimate of drug-likeness (QED) is 0.429. The van der Waals surface area contributed by atoms with Crippen molar-refractivity contribution in [3.05, 3.63) is 29.3 Å². The highest BCUT2D eigenvalue weighted by molar-refractivity contribution is 6.33. The highest BCUT2D eigenvalue weighted by atomic mass is 16.5. The molecule has 0 aliphatic carbocycles. The summed E-state index contributed by atoms with van der Waals surface area (Å²) in [5.41, 5.74) is 1.73.